The van der Waals surface area contributed by atoms with Crippen molar-refractivity contribution in [2.24, 2.45) is 0 Å². The predicted molar refractivity (Wildman–Crippen MR) is 207 cm³/mol. The Morgan fingerprint density at radius 2 is 0.960 bits per heavy atom. The summed E-state index contributed by atoms with van der Waals surface area (Å²) in [6, 6.07) is 67.9. The average molecular weight is 658 g/mol. The van der Waals surface area contributed by atoms with Gasteiger partial charge >= 0.3 is 0 Å². The van der Waals surface area contributed by atoms with E-state index in [9.17, 15) is 0 Å². The quantitative estimate of drug-likeness (QED) is 0.187. The molecule has 2 nitrogen and oxygen atoms in total. The maximum Gasteiger partial charge on any atom is 0.132 e. The van der Waals surface area contributed by atoms with Gasteiger partial charge in [-0.1, -0.05) is 133 Å². The third kappa shape index (κ3) is 4.44. The van der Waals surface area contributed by atoms with E-state index in [1.54, 1.807) is 0 Å². The van der Waals surface area contributed by atoms with Gasteiger partial charge in [-0.05, 0) is 99.8 Å². The molecular weight excluding hydrogens is 627 g/mol. The van der Waals surface area contributed by atoms with E-state index in [2.05, 4.69) is 193 Å². The SMILES string of the molecule is c1ccc(-c2ccc(N(c3ccccc3)c3ccc4c(c3)C3(c5ccccc5O4)c4ccccc4Sc4cc5ccccc5cc43)cc2)cc1. The van der Waals surface area contributed by atoms with Crippen LogP contribution in [0, 0.1) is 0 Å². The number of hydrogen-bond acceptors (Lipinski definition) is 3. The number of hydrogen-bond donors (Lipinski definition) is 0. The Bertz CT molecular complexity index is 2530. The summed E-state index contributed by atoms with van der Waals surface area (Å²) in [5, 5.41) is 2.48. The van der Waals surface area contributed by atoms with Crippen molar-refractivity contribution >= 4 is 39.6 Å². The molecule has 8 aromatic rings. The van der Waals surface area contributed by atoms with E-state index in [4.69, 9.17) is 4.74 Å². The lowest BCUT2D eigenvalue weighted by molar-refractivity contribution is 0.431. The second-order valence-electron chi connectivity index (χ2n) is 12.9. The summed E-state index contributed by atoms with van der Waals surface area (Å²) in [7, 11) is 0. The van der Waals surface area contributed by atoms with Crippen molar-refractivity contribution in [3.63, 3.8) is 0 Å². The van der Waals surface area contributed by atoms with Crippen LogP contribution in [0.2, 0.25) is 0 Å². The minimum Gasteiger partial charge on any atom is -0.457 e. The summed E-state index contributed by atoms with van der Waals surface area (Å²) in [5.74, 6) is 1.77. The summed E-state index contributed by atoms with van der Waals surface area (Å²) in [5.41, 5.74) is 9.92. The van der Waals surface area contributed by atoms with Crippen molar-refractivity contribution in [2.45, 2.75) is 15.2 Å². The Labute approximate surface area is 296 Å². The molecule has 3 heteroatoms. The maximum absolute atomic E-state index is 6.81. The fourth-order valence-corrected chi connectivity index (χ4v) is 9.15. The lowest BCUT2D eigenvalue weighted by Crippen LogP contribution is -2.37. The normalized spacial score (nSPS) is 15.4. The number of nitrogens with zero attached hydrogens (tertiary/aromatic N) is 1. The smallest absolute Gasteiger partial charge is 0.132 e. The Morgan fingerprint density at radius 1 is 0.380 bits per heavy atom. The Balaban J connectivity index is 1.24. The van der Waals surface area contributed by atoms with Gasteiger partial charge < -0.3 is 9.64 Å². The fraction of sp³-hybridized carbons (Fsp3) is 0.0213. The second kappa shape index (κ2) is 11.5. The zero-order valence-corrected chi connectivity index (χ0v) is 28.0. The van der Waals surface area contributed by atoms with Crippen LogP contribution in [0.1, 0.15) is 22.3 Å². The van der Waals surface area contributed by atoms with Gasteiger partial charge in [0, 0.05) is 38.0 Å². The van der Waals surface area contributed by atoms with Crippen LogP contribution in [-0.2, 0) is 5.41 Å². The number of rotatable bonds is 4. The average Bonchev–Trinajstić information content (AvgIpc) is 3.18. The van der Waals surface area contributed by atoms with Crippen LogP contribution in [0.3, 0.4) is 0 Å². The maximum atomic E-state index is 6.81. The molecule has 1 atom stereocenters. The fourth-order valence-electron chi connectivity index (χ4n) is 7.93. The first-order valence-corrected chi connectivity index (χ1v) is 17.8. The van der Waals surface area contributed by atoms with Crippen LogP contribution in [0.5, 0.6) is 11.5 Å². The number of ether oxygens (including phenoxy) is 1. The molecule has 0 aliphatic carbocycles. The van der Waals surface area contributed by atoms with Crippen molar-refractivity contribution in [3.05, 3.63) is 210 Å². The van der Waals surface area contributed by atoms with Gasteiger partial charge in [0.1, 0.15) is 11.5 Å². The molecule has 0 aromatic heterocycles. The van der Waals surface area contributed by atoms with Crippen molar-refractivity contribution in [1.29, 1.82) is 0 Å². The molecule has 0 saturated heterocycles. The third-order valence-electron chi connectivity index (χ3n) is 10.1. The van der Waals surface area contributed by atoms with Crippen LogP contribution in [0.4, 0.5) is 17.1 Å². The van der Waals surface area contributed by atoms with Gasteiger partial charge in [-0.2, -0.15) is 0 Å². The molecule has 0 amide bonds. The molecule has 1 unspecified atom stereocenters. The zero-order chi connectivity index (χ0) is 33.1. The molecule has 0 radical (unpaired) electrons. The lowest BCUT2D eigenvalue weighted by Gasteiger charge is -2.45. The summed E-state index contributed by atoms with van der Waals surface area (Å²) in [6.07, 6.45) is 0. The summed E-state index contributed by atoms with van der Waals surface area (Å²) in [4.78, 5) is 4.89. The molecule has 50 heavy (non-hydrogen) atoms. The predicted octanol–water partition coefficient (Wildman–Crippen LogP) is 12.9. The molecule has 2 aliphatic rings. The van der Waals surface area contributed by atoms with Gasteiger partial charge in [0.2, 0.25) is 0 Å². The Morgan fingerprint density at radius 3 is 1.76 bits per heavy atom. The largest absolute Gasteiger partial charge is 0.457 e. The van der Waals surface area contributed by atoms with Gasteiger partial charge in [-0.3, -0.25) is 0 Å². The summed E-state index contributed by atoms with van der Waals surface area (Å²) in [6.45, 7) is 0. The van der Waals surface area contributed by atoms with E-state index < -0.39 is 5.41 Å². The number of benzene rings is 8. The molecule has 0 bridgehead atoms. The third-order valence-corrected chi connectivity index (χ3v) is 11.3. The molecule has 8 aromatic carbocycles. The molecule has 0 saturated carbocycles. The van der Waals surface area contributed by atoms with Gasteiger partial charge in [0.15, 0.2) is 0 Å². The van der Waals surface area contributed by atoms with Gasteiger partial charge in [0.05, 0.1) is 5.41 Å². The minimum absolute atomic E-state index is 0.596. The Hall–Kier alpha value is -6.03. The first kappa shape index (κ1) is 28.9. The van der Waals surface area contributed by atoms with E-state index in [0.29, 0.717) is 0 Å². The molecule has 2 heterocycles. The molecule has 0 fully saturated rings. The van der Waals surface area contributed by atoms with Crippen LogP contribution < -0.4 is 9.64 Å². The van der Waals surface area contributed by atoms with Crippen LogP contribution in [-0.4, -0.2) is 0 Å². The van der Waals surface area contributed by atoms with Crippen molar-refractivity contribution in [2.75, 3.05) is 4.90 Å². The number of para-hydroxylation sites is 2. The summed E-state index contributed by atoms with van der Waals surface area (Å²) >= 11 is 1.87. The molecule has 1 spiro atoms. The number of anilines is 3. The van der Waals surface area contributed by atoms with E-state index in [-0.39, 0.29) is 0 Å². The van der Waals surface area contributed by atoms with Gasteiger partial charge in [0.25, 0.3) is 0 Å². The molecule has 236 valence electrons. The second-order valence-corrected chi connectivity index (χ2v) is 14.0. The lowest BCUT2D eigenvalue weighted by atomic mass is 9.63. The zero-order valence-electron chi connectivity index (χ0n) is 27.2. The summed E-state index contributed by atoms with van der Waals surface area (Å²) < 4.78 is 6.81. The monoisotopic (exact) mass is 657 g/mol. The molecule has 10 rings (SSSR count). The van der Waals surface area contributed by atoms with E-state index in [0.717, 1.165) is 39.7 Å². The molecule has 2 aliphatic heterocycles. The first-order chi connectivity index (χ1) is 24.8. The molecule has 0 N–H and O–H groups in total. The van der Waals surface area contributed by atoms with Gasteiger partial charge in [-0.25, -0.2) is 0 Å². The van der Waals surface area contributed by atoms with Crippen molar-refractivity contribution < 1.29 is 4.74 Å². The van der Waals surface area contributed by atoms with Crippen molar-refractivity contribution in [3.8, 4) is 22.6 Å². The van der Waals surface area contributed by atoms with E-state index in [1.807, 2.05) is 11.8 Å². The minimum atomic E-state index is -0.596. The first-order valence-electron chi connectivity index (χ1n) is 17.0. The highest BCUT2D eigenvalue weighted by atomic mass is 32.2. The molecular formula is C47H31NOS. The van der Waals surface area contributed by atoms with Crippen LogP contribution in [0.15, 0.2) is 198 Å². The van der Waals surface area contributed by atoms with Gasteiger partial charge in [-0.15, -0.1) is 0 Å². The van der Waals surface area contributed by atoms with Crippen LogP contribution in [0.25, 0.3) is 21.9 Å². The van der Waals surface area contributed by atoms with Crippen molar-refractivity contribution in [1.82, 2.24) is 0 Å². The standard InChI is InChI=1S/C47H31NOS/c1-3-13-32(14-4-1)33-23-25-37(26-24-33)48(36-17-5-2-6-18-36)38-27-28-44-41(31-38)47(39-19-9-11-21-43(39)49-44)40-20-10-12-22-45(40)50-46-30-35-16-8-7-15-34(35)29-42(46)47/h1-31H. The topological polar surface area (TPSA) is 12.5 Å². The Kier molecular flexibility index (Phi) is 6.68. The van der Waals surface area contributed by atoms with Crippen LogP contribution >= 0.6 is 11.8 Å². The highest BCUT2D eigenvalue weighted by Crippen LogP contribution is 2.62. The number of fused-ring (bicyclic) bond motifs is 9. The highest BCUT2D eigenvalue weighted by molar-refractivity contribution is 7.99. The highest BCUT2D eigenvalue weighted by Gasteiger charge is 2.50. The van der Waals surface area contributed by atoms with E-state index >= 15 is 0 Å². The van der Waals surface area contributed by atoms with E-state index in [1.165, 1.54) is 42.8 Å².